The number of aromatic nitrogens is 5. The molecule has 4 aromatic heterocycles. The summed E-state index contributed by atoms with van der Waals surface area (Å²) in [6.07, 6.45) is 7.94. The maximum atomic E-state index is 12.6. The number of anilines is 1. The van der Waals surface area contributed by atoms with Crippen molar-refractivity contribution in [3.8, 4) is 11.3 Å². The van der Waals surface area contributed by atoms with Gasteiger partial charge in [-0.15, -0.1) is 0 Å². The van der Waals surface area contributed by atoms with Gasteiger partial charge in [0, 0.05) is 49.5 Å². The van der Waals surface area contributed by atoms with E-state index in [1.54, 1.807) is 29.2 Å². The predicted octanol–water partition coefficient (Wildman–Crippen LogP) is 2.19. The summed E-state index contributed by atoms with van der Waals surface area (Å²) in [6, 6.07) is 13.3. The number of nitrogens with zero attached hydrogens (tertiary/aromatic N) is 6. The Morgan fingerprint density at radius 2 is 2.10 bits per heavy atom. The van der Waals surface area contributed by atoms with Gasteiger partial charge in [-0.25, -0.2) is 14.5 Å². The van der Waals surface area contributed by atoms with Crippen molar-refractivity contribution in [3.63, 3.8) is 0 Å². The molecule has 0 saturated carbocycles. The minimum Gasteiger partial charge on any atom is -0.346 e. The molecule has 1 fully saturated rings. The van der Waals surface area contributed by atoms with Crippen LogP contribution in [0.15, 0.2) is 67.3 Å². The van der Waals surface area contributed by atoms with Crippen LogP contribution in [0.5, 0.6) is 0 Å². The second-order valence-electron chi connectivity index (χ2n) is 6.99. The molecule has 5 heterocycles. The Bertz CT molecular complexity index is 1120. The van der Waals surface area contributed by atoms with Gasteiger partial charge < -0.3 is 10.2 Å². The third-order valence-electron chi connectivity index (χ3n) is 5.01. The summed E-state index contributed by atoms with van der Waals surface area (Å²) in [5.74, 6) is 0.501. The lowest BCUT2D eigenvalue weighted by Crippen LogP contribution is -2.37. The van der Waals surface area contributed by atoms with Crippen molar-refractivity contribution >= 4 is 17.4 Å². The summed E-state index contributed by atoms with van der Waals surface area (Å²) in [7, 11) is 0. The zero-order valence-corrected chi connectivity index (χ0v) is 15.6. The first kappa shape index (κ1) is 17.3. The molecular formula is C21H19N7O. The van der Waals surface area contributed by atoms with Crippen molar-refractivity contribution in [3.05, 3.63) is 72.9 Å². The predicted molar refractivity (Wildman–Crippen MR) is 109 cm³/mol. The van der Waals surface area contributed by atoms with Crippen LogP contribution in [-0.2, 0) is 0 Å². The fourth-order valence-corrected chi connectivity index (χ4v) is 3.54. The minimum atomic E-state index is -0.162. The number of rotatable bonds is 4. The van der Waals surface area contributed by atoms with Gasteiger partial charge in [0.15, 0.2) is 5.69 Å². The van der Waals surface area contributed by atoms with E-state index in [1.807, 2.05) is 42.6 Å². The summed E-state index contributed by atoms with van der Waals surface area (Å²) < 4.78 is 1.70. The van der Waals surface area contributed by atoms with Gasteiger partial charge >= 0.3 is 0 Å². The average molecular weight is 385 g/mol. The van der Waals surface area contributed by atoms with Crippen molar-refractivity contribution in [2.24, 2.45) is 0 Å². The summed E-state index contributed by atoms with van der Waals surface area (Å²) in [6.45, 7) is 1.45. The van der Waals surface area contributed by atoms with Crippen LogP contribution < -0.4 is 10.2 Å². The minimum absolute atomic E-state index is 0.0259. The fraction of sp³-hybridized carbons (Fsp3) is 0.190. The van der Waals surface area contributed by atoms with Crippen LogP contribution in [0.3, 0.4) is 0 Å². The number of carbonyl (C=O) groups is 1. The molecule has 1 unspecified atom stereocenters. The summed E-state index contributed by atoms with van der Waals surface area (Å²) >= 11 is 0. The molecular weight excluding hydrogens is 366 g/mol. The van der Waals surface area contributed by atoms with Gasteiger partial charge in [-0.3, -0.25) is 9.78 Å². The second-order valence-corrected chi connectivity index (χ2v) is 6.99. The lowest BCUT2D eigenvalue weighted by molar-refractivity contribution is 0.0935. The smallest absolute Gasteiger partial charge is 0.272 e. The van der Waals surface area contributed by atoms with Crippen LogP contribution in [0.4, 0.5) is 5.95 Å². The molecule has 4 aromatic rings. The van der Waals surface area contributed by atoms with Gasteiger partial charge in [0.2, 0.25) is 5.95 Å². The van der Waals surface area contributed by atoms with Crippen LogP contribution in [0.1, 0.15) is 16.9 Å². The Labute approximate surface area is 167 Å². The first-order valence-electron chi connectivity index (χ1n) is 9.50. The molecule has 1 aliphatic heterocycles. The molecule has 1 N–H and O–H groups in total. The second kappa shape index (κ2) is 7.31. The van der Waals surface area contributed by atoms with Gasteiger partial charge in [-0.05, 0) is 42.8 Å². The molecule has 0 bridgehead atoms. The highest BCUT2D eigenvalue weighted by atomic mass is 16.2. The molecule has 0 radical (unpaired) electrons. The quantitative estimate of drug-likeness (QED) is 0.579. The van der Waals surface area contributed by atoms with Crippen molar-refractivity contribution < 1.29 is 4.79 Å². The van der Waals surface area contributed by atoms with E-state index in [4.69, 9.17) is 0 Å². The first-order chi connectivity index (χ1) is 14.3. The number of carbonyl (C=O) groups excluding carboxylic acids is 1. The van der Waals surface area contributed by atoms with Gasteiger partial charge in [0.25, 0.3) is 5.91 Å². The fourth-order valence-electron chi connectivity index (χ4n) is 3.54. The first-order valence-corrected chi connectivity index (χ1v) is 9.50. The lowest BCUT2D eigenvalue weighted by atomic mass is 10.2. The Hall–Kier alpha value is -3.81. The monoisotopic (exact) mass is 385 g/mol. The van der Waals surface area contributed by atoms with Crippen molar-refractivity contribution in [1.29, 1.82) is 0 Å². The molecule has 5 rings (SSSR count). The zero-order chi connectivity index (χ0) is 19.6. The summed E-state index contributed by atoms with van der Waals surface area (Å²) in [5.41, 5.74) is 3.10. The Balaban J connectivity index is 1.27. The zero-order valence-electron chi connectivity index (χ0n) is 15.6. The molecule has 1 aliphatic rings. The SMILES string of the molecule is O=C(NC1CCN(c2nccc(-c3cccnc3)n2)C1)c1cc2ccccn2n1. The molecule has 1 amide bonds. The molecule has 8 nitrogen and oxygen atoms in total. The van der Waals surface area contributed by atoms with E-state index in [0.29, 0.717) is 18.2 Å². The molecule has 1 atom stereocenters. The highest BCUT2D eigenvalue weighted by Gasteiger charge is 2.26. The van der Waals surface area contributed by atoms with E-state index in [0.717, 1.165) is 29.7 Å². The van der Waals surface area contributed by atoms with E-state index in [9.17, 15) is 4.79 Å². The Morgan fingerprint density at radius 1 is 1.14 bits per heavy atom. The molecule has 0 aliphatic carbocycles. The molecule has 29 heavy (non-hydrogen) atoms. The molecule has 144 valence electrons. The van der Waals surface area contributed by atoms with E-state index in [2.05, 4.69) is 30.3 Å². The van der Waals surface area contributed by atoms with E-state index in [1.165, 1.54) is 0 Å². The normalized spacial score (nSPS) is 16.3. The summed E-state index contributed by atoms with van der Waals surface area (Å²) in [4.78, 5) is 27.9. The van der Waals surface area contributed by atoms with Crippen LogP contribution in [-0.4, -0.2) is 49.6 Å². The highest BCUT2D eigenvalue weighted by Crippen LogP contribution is 2.21. The van der Waals surface area contributed by atoms with Crippen molar-refractivity contribution in [2.45, 2.75) is 12.5 Å². The number of hydrogen-bond donors (Lipinski definition) is 1. The molecule has 8 heteroatoms. The lowest BCUT2D eigenvalue weighted by Gasteiger charge is -2.17. The average Bonchev–Trinajstić information content (AvgIpc) is 3.41. The van der Waals surface area contributed by atoms with Crippen LogP contribution in [0, 0.1) is 0 Å². The number of hydrogen-bond acceptors (Lipinski definition) is 6. The number of pyridine rings is 2. The number of fused-ring (bicyclic) bond motifs is 1. The van der Waals surface area contributed by atoms with Crippen LogP contribution in [0.25, 0.3) is 16.8 Å². The molecule has 1 saturated heterocycles. The standard InChI is InChI=1S/C21H19N7O/c29-20(19-12-17-5-1-2-10-28(17)26-19)24-16-7-11-27(14-16)21-23-9-6-18(25-21)15-4-3-8-22-13-15/h1-6,8-10,12-13,16H,7,11,14H2,(H,24,29). The maximum Gasteiger partial charge on any atom is 0.272 e. The molecule has 0 spiro atoms. The summed E-state index contributed by atoms with van der Waals surface area (Å²) in [5, 5.41) is 7.42. The Morgan fingerprint density at radius 3 is 2.97 bits per heavy atom. The maximum absolute atomic E-state index is 12.6. The van der Waals surface area contributed by atoms with Gasteiger partial charge in [-0.1, -0.05) is 6.07 Å². The topological polar surface area (TPSA) is 88.3 Å². The van der Waals surface area contributed by atoms with Gasteiger partial charge in [-0.2, -0.15) is 5.10 Å². The van der Waals surface area contributed by atoms with Crippen molar-refractivity contribution in [2.75, 3.05) is 18.0 Å². The highest BCUT2D eigenvalue weighted by molar-refractivity contribution is 5.93. The van der Waals surface area contributed by atoms with E-state index < -0.39 is 0 Å². The van der Waals surface area contributed by atoms with E-state index >= 15 is 0 Å². The third kappa shape index (κ3) is 3.52. The third-order valence-corrected chi connectivity index (χ3v) is 5.01. The van der Waals surface area contributed by atoms with Crippen molar-refractivity contribution in [1.82, 2.24) is 29.9 Å². The Kier molecular flexibility index (Phi) is 4.36. The van der Waals surface area contributed by atoms with Crippen LogP contribution in [0.2, 0.25) is 0 Å². The van der Waals surface area contributed by atoms with Crippen LogP contribution >= 0.6 is 0 Å². The largest absolute Gasteiger partial charge is 0.346 e. The van der Waals surface area contributed by atoms with Gasteiger partial charge in [0.1, 0.15) is 0 Å². The molecule has 0 aromatic carbocycles. The number of amides is 1. The number of nitrogens with one attached hydrogen (secondary N) is 1. The van der Waals surface area contributed by atoms with E-state index in [-0.39, 0.29) is 11.9 Å². The van der Waals surface area contributed by atoms with Gasteiger partial charge in [0.05, 0.1) is 11.2 Å².